The van der Waals surface area contributed by atoms with E-state index < -0.39 is 10.0 Å². The number of ether oxygens (including phenoxy) is 2. The van der Waals surface area contributed by atoms with Crippen molar-refractivity contribution < 1.29 is 17.9 Å². The van der Waals surface area contributed by atoms with E-state index in [4.69, 9.17) is 21.1 Å². The highest BCUT2D eigenvalue weighted by Gasteiger charge is 2.23. The lowest BCUT2D eigenvalue weighted by Gasteiger charge is -2.19. The van der Waals surface area contributed by atoms with Gasteiger partial charge in [-0.05, 0) is 48.9 Å². The number of nitrogens with one attached hydrogen (secondary N) is 1. The summed E-state index contributed by atoms with van der Waals surface area (Å²) in [5.41, 5.74) is 1.51. The molecule has 8 heteroatoms. The van der Waals surface area contributed by atoms with E-state index in [1.165, 1.54) is 19.2 Å². The van der Waals surface area contributed by atoms with Crippen LogP contribution in [0.4, 0.5) is 11.4 Å². The van der Waals surface area contributed by atoms with Crippen molar-refractivity contribution >= 4 is 33.0 Å². The molecule has 2 aromatic rings. The Bertz CT molecular complexity index is 871. The molecule has 1 fully saturated rings. The number of anilines is 2. The maximum Gasteiger partial charge on any atom is 0.265 e. The van der Waals surface area contributed by atoms with Crippen LogP contribution in [0.3, 0.4) is 0 Å². The number of halogens is 1. The Morgan fingerprint density at radius 2 is 1.88 bits per heavy atom. The van der Waals surface area contributed by atoms with Gasteiger partial charge in [0.15, 0.2) is 0 Å². The summed E-state index contributed by atoms with van der Waals surface area (Å²) in [5.74, 6) is 0.237. The van der Waals surface area contributed by atoms with Crippen LogP contribution in [-0.2, 0) is 14.8 Å². The molecule has 0 unspecified atom stereocenters. The fourth-order valence-electron chi connectivity index (χ4n) is 2.97. The minimum absolute atomic E-state index is 0.000874. The van der Waals surface area contributed by atoms with Crippen molar-refractivity contribution in [2.45, 2.75) is 17.4 Å². The Balaban J connectivity index is 1.77. The summed E-state index contributed by atoms with van der Waals surface area (Å²) in [6.45, 7) is 1.75. The lowest BCUT2D eigenvalue weighted by Crippen LogP contribution is -2.22. The van der Waals surface area contributed by atoms with Gasteiger partial charge in [0.2, 0.25) is 0 Å². The lowest BCUT2D eigenvalue weighted by atomic mass is 10.2. The first-order valence-electron chi connectivity index (χ1n) is 8.17. The third-order valence-electron chi connectivity index (χ3n) is 4.38. The fourth-order valence-corrected chi connectivity index (χ4v) is 4.46. The second-order valence-electron chi connectivity index (χ2n) is 6.04. The summed E-state index contributed by atoms with van der Waals surface area (Å²) in [6.07, 6.45) is 1.22. The van der Waals surface area contributed by atoms with Gasteiger partial charge in [-0.15, -0.1) is 0 Å². The van der Waals surface area contributed by atoms with Gasteiger partial charge in [-0.3, -0.25) is 4.72 Å². The van der Waals surface area contributed by atoms with Gasteiger partial charge in [-0.25, -0.2) is 8.42 Å². The molecule has 0 saturated carbocycles. The van der Waals surface area contributed by atoms with E-state index in [0.717, 1.165) is 25.2 Å². The van der Waals surface area contributed by atoms with Gasteiger partial charge in [-0.1, -0.05) is 11.6 Å². The molecule has 6 nitrogen and oxygen atoms in total. The molecule has 1 N–H and O–H groups in total. The summed E-state index contributed by atoms with van der Waals surface area (Å²) >= 11 is 5.94. The SMILES string of the molecule is COc1ccc(Cl)cc1S(=O)(=O)Nc1ccc(N2CC[C@H](OC)C2)cc1. The molecule has 0 spiro atoms. The van der Waals surface area contributed by atoms with Crippen molar-refractivity contribution in [2.24, 2.45) is 0 Å². The highest BCUT2D eigenvalue weighted by atomic mass is 35.5. The number of hydrogen-bond donors (Lipinski definition) is 1. The first kappa shape index (κ1) is 18.8. The molecule has 1 saturated heterocycles. The van der Waals surface area contributed by atoms with E-state index in [0.29, 0.717) is 10.7 Å². The Morgan fingerprint density at radius 3 is 2.50 bits per heavy atom. The molecule has 26 heavy (non-hydrogen) atoms. The van der Waals surface area contributed by atoms with E-state index in [1.807, 2.05) is 12.1 Å². The zero-order chi connectivity index (χ0) is 18.7. The van der Waals surface area contributed by atoms with E-state index in [9.17, 15) is 8.42 Å². The zero-order valence-corrected chi connectivity index (χ0v) is 16.2. The first-order chi connectivity index (χ1) is 12.4. The molecule has 0 aromatic heterocycles. The van der Waals surface area contributed by atoms with Crippen LogP contribution in [0.1, 0.15) is 6.42 Å². The molecule has 1 aliphatic rings. The Kier molecular flexibility index (Phi) is 5.60. The second-order valence-corrected chi connectivity index (χ2v) is 8.13. The topological polar surface area (TPSA) is 67.9 Å². The van der Waals surface area contributed by atoms with Gasteiger partial charge in [-0.2, -0.15) is 0 Å². The largest absolute Gasteiger partial charge is 0.495 e. The average molecular weight is 397 g/mol. The number of hydrogen-bond acceptors (Lipinski definition) is 5. The number of benzene rings is 2. The summed E-state index contributed by atoms with van der Waals surface area (Å²) in [4.78, 5) is 2.21. The van der Waals surface area contributed by atoms with Gasteiger partial charge in [0.25, 0.3) is 10.0 Å². The molecule has 2 aromatic carbocycles. The van der Waals surface area contributed by atoms with Crippen molar-refractivity contribution in [1.82, 2.24) is 0 Å². The van der Waals surface area contributed by atoms with Gasteiger partial charge in [0.05, 0.1) is 13.2 Å². The molecule has 3 rings (SSSR count). The van der Waals surface area contributed by atoms with Crippen molar-refractivity contribution in [1.29, 1.82) is 0 Å². The minimum Gasteiger partial charge on any atom is -0.495 e. The summed E-state index contributed by atoms with van der Waals surface area (Å²) in [6, 6.07) is 11.7. The maximum atomic E-state index is 12.7. The van der Waals surface area contributed by atoms with Crippen molar-refractivity contribution in [3.63, 3.8) is 0 Å². The maximum absolute atomic E-state index is 12.7. The highest BCUT2D eigenvalue weighted by molar-refractivity contribution is 7.92. The van der Waals surface area contributed by atoms with E-state index in [-0.39, 0.29) is 16.7 Å². The Labute approximate surface area is 158 Å². The quantitative estimate of drug-likeness (QED) is 0.810. The van der Waals surface area contributed by atoms with E-state index in [1.54, 1.807) is 25.3 Å². The normalized spacial score (nSPS) is 17.3. The molecule has 0 amide bonds. The van der Waals surface area contributed by atoms with Crippen molar-refractivity contribution in [3.8, 4) is 5.75 Å². The molecule has 1 atom stereocenters. The summed E-state index contributed by atoms with van der Waals surface area (Å²) < 4.78 is 38.4. The third-order valence-corrected chi connectivity index (χ3v) is 6.02. The van der Waals surface area contributed by atoms with Crippen LogP contribution in [0, 0.1) is 0 Å². The third kappa shape index (κ3) is 4.06. The number of nitrogens with zero attached hydrogens (tertiary/aromatic N) is 1. The van der Waals surface area contributed by atoms with Gasteiger partial charge < -0.3 is 14.4 Å². The molecule has 140 valence electrons. The van der Waals surface area contributed by atoms with Crippen LogP contribution in [0.15, 0.2) is 47.4 Å². The molecule has 0 aliphatic carbocycles. The van der Waals surface area contributed by atoms with E-state index >= 15 is 0 Å². The van der Waals surface area contributed by atoms with Crippen LogP contribution < -0.4 is 14.4 Å². The molecule has 1 aliphatic heterocycles. The predicted octanol–water partition coefficient (Wildman–Crippen LogP) is 3.37. The molecule has 1 heterocycles. The average Bonchev–Trinajstić information content (AvgIpc) is 3.11. The fraction of sp³-hybridized carbons (Fsp3) is 0.333. The molecular formula is C18H21ClN2O4S. The van der Waals surface area contributed by atoms with Crippen LogP contribution in [0.5, 0.6) is 5.75 Å². The summed E-state index contributed by atoms with van der Waals surface area (Å²) in [5, 5.41) is 0.322. The minimum atomic E-state index is -3.82. The first-order valence-corrected chi connectivity index (χ1v) is 10.0. The monoisotopic (exact) mass is 396 g/mol. The van der Waals surface area contributed by atoms with Crippen LogP contribution >= 0.6 is 11.6 Å². The Hall–Kier alpha value is -1.96. The lowest BCUT2D eigenvalue weighted by molar-refractivity contribution is 0.121. The van der Waals surface area contributed by atoms with Crippen molar-refractivity contribution in [2.75, 3.05) is 36.9 Å². The van der Waals surface area contributed by atoms with Gasteiger partial charge in [0.1, 0.15) is 10.6 Å². The number of methoxy groups -OCH3 is 2. The molecular weight excluding hydrogens is 376 g/mol. The second kappa shape index (κ2) is 7.73. The molecule has 0 bridgehead atoms. The highest BCUT2D eigenvalue weighted by Crippen LogP contribution is 2.29. The predicted molar refractivity (Wildman–Crippen MR) is 103 cm³/mol. The Morgan fingerprint density at radius 1 is 1.15 bits per heavy atom. The van der Waals surface area contributed by atoms with E-state index in [2.05, 4.69) is 9.62 Å². The van der Waals surface area contributed by atoms with Crippen LogP contribution in [0.2, 0.25) is 5.02 Å². The smallest absolute Gasteiger partial charge is 0.265 e. The zero-order valence-electron chi connectivity index (χ0n) is 14.6. The van der Waals surface area contributed by atoms with Crippen LogP contribution in [-0.4, -0.2) is 41.8 Å². The molecule has 0 radical (unpaired) electrons. The number of rotatable bonds is 6. The number of sulfonamides is 1. The van der Waals surface area contributed by atoms with Crippen molar-refractivity contribution in [3.05, 3.63) is 47.5 Å². The van der Waals surface area contributed by atoms with Crippen LogP contribution in [0.25, 0.3) is 0 Å². The van der Waals surface area contributed by atoms with Gasteiger partial charge in [0, 0.05) is 36.6 Å². The standard InChI is InChI=1S/C18H21ClN2O4S/c1-24-16-9-10-21(12-16)15-6-4-14(5-7-15)20-26(22,23)18-11-13(19)3-8-17(18)25-2/h3-8,11,16,20H,9-10,12H2,1-2H3/t16-/m0/s1. The van der Waals surface area contributed by atoms with Gasteiger partial charge >= 0.3 is 0 Å². The summed E-state index contributed by atoms with van der Waals surface area (Å²) in [7, 11) is -0.681.